The number of nitrogens with zero attached hydrogens (tertiary/aromatic N) is 6. The monoisotopic (exact) mass is 298 g/mol. The predicted octanol–water partition coefficient (Wildman–Crippen LogP) is 2.16. The van der Waals surface area contributed by atoms with Crippen molar-refractivity contribution in [2.75, 3.05) is 18.5 Å². The van der Waals surface area contributed by atoms with Crippen molar-refractivity contribution in [2.45, 2.75) is 19.9 Å². The Morgan fingerprint density at radius 1 is 1.32 bits per heavy atom. The van der Waals surface area contributed by atoms with Crippen LogP contribution < -0.4 is 4.90 Å². The van der Waals surface area contributed by atoms with Gasteiger partial charge in [0.25, 0.3) is 5.89 Å². The molecule has 0 aliphatic carbocycles. The minimum absolute atomic E-state index is 0.521. The Morgan fingerprint density at radius 3 is 2.95 bits per heavy atom. The summed E-state index contributed by atoms with van der Waals surface area (Å²) in [5.74, 6) is 2.04. The van der Waals surface area contributed by atoms with Gasteiger partial charge < -0.3 is 14.0 Å². The smallest absolute Gasteiger partial charge is 0.258 e. The summed E-state index contributed by atoms with van der Waals surface area (Å²) < 4.78 is 7.27. The molecule has 0 fully saturated rings. The Balaban J connectivity index is 1.63. The molecule has 0 N–H and O–H groups in total. The van der Waals surface area contributed by atoms with Crippen molar-refractivity contribution < 1.29 is 4.52 Å². The van der Waals surface area contributed by atoms with E-state index in [1.54, 1.807) is 19.3 Å². The van der Waals surface area contributed by atoms with Crippen molar-refractivity contribution in [1.82, 2.24) is 24.7 Å². The van der Waals surface area contributed by atoms with Gasteiger partial charge in [0.2, 0.25) is 0 Å². The van der Waals surface area contributed by atoms with E-state index < -0.39 is 0 Å². The summed E-state index contributed by atoms with van der Waals surface area (Å²) in [6, 6.07) is 3.83. The SMILES string of the molecule is Cc1noc(-c2ccnc(N(C)CCCn3ccnc3)c2)n1. The number of aryl methyl sites for hydroxylation is 2. The van der Waals surface area contributed by atoms with Gasteiger partial charge in [0.05, 0.1) is 6.33 Å². The Kier molecular flexibility index (Phi) is 4.13. The lowest BCUT2D eigenvalue weighted by Gasteiger charge is -2.18. The number of anilines is 1. The molecule has 0 aromatic carbocycles. The molecule has 0 bridgehead atoms. The molecule has 3 aromatic rings. The van der Waals surface area contributed by atoms with E-state index in [0.29, 0.717) is 11.7 Å². The van der Waals surface area contributed by atoms with Crippen molar-refractivity contribution in [2.24, 2.45) is 0 Å². The van der Waals surface area contributed by atoms with Crippen LogP contribution in [0, 0.1) is 6.92 Å². The molecule has 0 unspecified atom stereocenters. The van der Waals surface area contributed by atoms with Crippen molar-refractivity contribution in [3.05, 3.63) is 42.9 Å². The highest BCUT2D eigenvalue weighted by atomic mass is 16.5. The molecular formula is C15H18N6O. The van der Waals surface area contributed by atoms with Gasteiger partial charge in [-0.1, -0.05) is 5.16 Å². The summed E-state index contributed by atoms with van der Waals surface area (Å²) in [5, 5.41) is 3.82. The highest BCUT2D eigenvalue weighted by Gasteiger charge is 2.09. The molecule has 0 spiro atoms. The number of rotatable bonds is 6. The lowest BCUT2D eigenvalue weighted by atomic mass is 10.2. The molecule has 3 heterocycles. The topological polar surface area (TPSA) is 72.9 Å². The Labute approximate surface area is 128 Å². The zero-order valence-electron chi connectivity index (χ0n) is 12.7. The third kappa shape index (κ3) is 3.30. The van der Waals surface area contributed by atoms with E-state index in [1.165, 1.54) is 0 Å². The van der Waals surface area contributed by atoms with Crippen LogP contribution in [-0.2, 0) is 6.54 Å². The number of hydrogen-bond donors (Lipinski definition) is 0. The molecule has 0 saturated heterocycles. The lowest BCUT2D eigenvalue weighted by molar-refractivity contribution is 0.425. The van der Waals surface area contributed by atoms with Crippen LogP contribution in [0.3, 0.4) is 0 Å². The molecule has 0 aliphatic heterocycles. The second kappa shape index (κ2) is 6.38. The molecule has 3 rings (SSSR count). The predicted molar refractivity (Wildman–Crippen MR) is 82.4 cm³/mol. The van der Waals surface area contributed by atoms with Crippen LogP contribution in [0.25, 0.3) is 11.5 Å². The fourth-order valence-electron chi connectivity index (χ4n) is 2.20. The molecule has 0 amide bonds. The molecule has 0 radical (unpaired) electrons. The van der Waals surface area contributed by atoms with Gasteiger partial charge in [0.1, 0.15) is 5.82 Å². The molecule has 22 heavy (non-hydrogen) atoms. The van der Waals surface area contributed by atoms with Gasteiger partial charge in [-0.05, 0) is 25.5 Å². The van der Waals surface area contributed by atoms with Crippen LogP contribution >= 0.6 is 0 Å². The fourth-order valence-corrected chi connectivity index (χ4v) is 2.20. The van der Waals surface area contributed by atoms with Crippen LogP contribution in [0.2, 0.25) is 0 Å². The minimum atomic E-state index is 0.521. The van der Waals surface area contributed by atoms with Crippen molar-refractivity contribution in [3.63, 3.8) is 0 Å². The van der Waals surface area contributed by atoms with Gasteiger partial charge in [-0.15, -0.1) is 0 Å². The van der Waals surface area contributed by atoms with E-state index in [1.807, 2.05) is 31.7 Å². The zero-order chi connectivity index (χ0) is 15.4. The van der Waals surface area contributed by atoms with E-state index >= 15 is 0 Å². The van der Waals surface area contributed by atoms with Gasteiger partial charge in [-0.3, -0.25) is 0 Å². The van der Waals surface area contributed by atoms with Gasteiger partial charge in [-0.25, -0.2) is 9.97 Å². The van der Waals surface area contributed by atoms with E-state index in [2.05, 4.69) is 29.6 Å². The molecule has 0 aliphatic rings. The zero-order valence-corrected chi connectivity index (χ0v) is 12.7. The Morgan fingerprint density at radius 2 is 2.23 bits per heavy atom. The maximum Gasteiger partial charge on any atom is 0.258 e. The first-order valence-corrected chi connectivity index (χ1v) is 7.16. The normalized spacial score (nSPS) is 10.8. The largest absolute Gasteiger partial charge is 0.360 e. The van der Waals surface area contributed by atoms with Gasteiger partial charge in [-0.2, -0.15) is 4.98 Å². The summed E-state index contributed by atoms with van der Waals surface area (Å²) in [5.41, 5.74) is 0.882. The number of pyridine rings is 1. The molecule has 3 aromatic heterocycles. The van der Waals surface area contributed by atoms with Crippen LogP contribution in [0.4, 0.5) is 5.82 Å². The first kappa shape index (κ1) is 14.2. The molecule has 114 valence electrons. The molecule has 0 atom stereocenters. The molecular weight excluding hydrogens is 280 g/mol. The minimum Gasteiger partial charge on any atom is -0.360 e. The average Bonchev–Trinajstić information content (AvgIpc) is 3.19. The molecule has 7 nitrogen and oxygen atoms in total. The van der Waals surface area contributed by atoms with Crippen molar-refractivity contribution in [1.29, 1.82) is 0 Å². The Hall–Kier alpha value is -2.70. The summed E-state index contributed by atoms with van der Waals surface area (Å²) in [6.45, 7) is 3.64. The number of hydrogen-bond acceptors (Lipinski definition) is 6. The van der Waals surface area contributed by atoms with E-state index in [0.717, 1.165) is 30.9 Å². The summed E-state index contributed by atoms with van der Waals surface area (Å²) in [6.07, 6.45) is 8.36. The maximum absolute atomic E-state index is 5.20. The van der Waals surface area contributed by atoms with Crippen LogP contribution in [0.5, 0.6) is 0 Å². The van der Waals surface area contributed by atoms with Crippen LogP contribution in [0.1, 0.15) is 12.2 Å². The standard InChI is InChI=1S/C15H18N6O/c1-12-18-15(22-19-12)13-4-5-17-14(10-13)20(2)7-3-8-21-9-6-16-11-21/h4-6,9-11H,3,7-8H2,1-2H3. The van der Waals surface area contributed by atoms with Crippen molar-refractivity contribution >= 4 is 5.82 Å². The van der Waals surface area contributed by atoms with Crippen molar-refractivity contribution in [3.8, 4) is 11.5 Å². The maximum atomic E-state index is 5.20. The first-order valence-electron chi connectivity index (χ1n) is 7.16. The van der Waals surface area contributed by atoms with E-state index in [-0.39, 0.29) is 0 Å². The van der Waals surface area contributed by atoms with Crippen LogP contribution in [-0.4, -0.2) is 38.3 Å². The average molecular weight is 298 g/mol. The van der Waals surface area contributed by atoms with Gasteiger partial charge in [0, 0.05) is 44.3 Å². The van der Waals surface area contributed by atoms with Crippen LogP contribution in [0.15, 0.2) is 41.6 Å². The molecule has 0 saturated carbocycles. The quantitative estimate of drug-likeness (QED) is 0.694. The second-order valence-corrected chi connectivity index (χ2v) is 5.13. The number of imidazole rings is 1. The van der Waals surface area contributed by atoms with Gasteiger partial charge >= 0.3 is 0 Å². The summed E-state index contributed by atoms with van der Waals surface area (Å²) in [7, 11) is 2.03. The van der Waals surface area contributed by atoms with Gasteiger partial charge in [0.15, 0.2) is 5.82 Å². The van der Waals surface area contributed by atoms with E-state index in [4.69, 9.17) is 4.52 Å². The first-order chi connectivity index (χ1) is 10.7. The highest BCUT2D eigenvalue weighted by Crippen LogP contribution is 2.20. The van der Waals surface area contributed by atoms with E-state index in [9.17, 15) is 0 Å². The summed E-state index contributed by atoms with van der Waals surface area (Å²) >= 11 is 0. The molecule has 7 heteroatoms. The number of aromatic nitrogens is 5. The Bertz CT molecular complexity index is 721. The summed E-state index contributed by atoms with van der Waals surface area (Å²) in [4.78, 5) is 14.8. The third-order valence-electron chi connectivity index (χ3n) is 3.38. The second-order valence-electron chi connectivity index (χ2n) is 5.13. The lowest BCUT2D eigenvalue weighted by Crippen LogP contribution is -2.20. The third-order valence-corrected chi connectivity index (χ3v) is 3.38. The highest BCUT2D eigenvalue weighted by molar-refractivity contribution is 5.58. The fraction of sp³-hybridized carbons (Fsp3) is 0.333.